The van der Waals surface area contributed by atoms with Crippen LogP contribution in [0.4, 0.5) is 0 Å². The van der Waals surface area contributed by atoms with E-state index in [4.69, 9.17) is 0 Å². The molecule has 1 fully saturated rings. The number of aryl methyl sites for hydroxylation is 1. The van der Waals surface area contributed by atoms with Gasteiger partial charge in [0.05, 0.1) is 22.6 Å². The number of nitriles is 1. The molecule has 0 saturated heterocycles. The first kappa shape index (κ1) is 24.7. The second-order valence-electron chi connectivity index (χ2n) is 8.97. The molecule has 1 saturated carbocycles. The molecule has 1 aromatic heterocycles. The smallest absolute Gasteiger partial charge is 0.277 e. The van der Waals surface area contributed by atoms with Gasteiger partial charge in [-0.25, -0.2) is 8.42 Å². The first-order valence-electron chi connectivity index (χ1n) is 12.0. The van der Waals surface area contributed by atoms with Gasteiger partial charge in [-0.3, -0.25) is 9.36 Å². The van der Waals surface area contributed by atoms with Gasteiger partial charge in [-0.2, -0.15) is 10.2 Å². The van der Waals surface area contributed by atoms with Gasteiger partial charge < -0.3 is 5.11 Å². The van der Waals surface area contributed by atoms with Crippen molar-refractivity contribution in [3.05, 3.63) is 81.4 Å². The van der Waals surface area contributed by atoms with Crippen LogP contribution in [0.1, 0.15) is 80.4 Å². The van der Waals surface area contributed by atoms with E-state index in [-0.39, 0.29) is 4.90 Å². The van der Waals surface area contributed by atoms with Crippen molar-refractivity contribution in [3.63, 3.8) is 0 Å². The minimum Gasteiger partial charge on any atom is -0.492 e. The van der Waals surface area contributed by atoms with Crippen LogP contribution in [-0.2, 0) is 16.3 Å². The third kappa shape index (κ3) is 4.87. The topological polar surface area (TPSA) is 113 Å². The van der Waals surface area contributed by atoms with Gasteiger partial charge in [-0.1, -0.05) is 44.5 Å². The second-order valence-corrected chi connectivity index (χ2v) is 10.9. The fourth-order valence-electron chi connectivity index (χ4n) is 4.45. The highest BCUT2D eigenvalue weighted by molar-refractivity contribution is 7.91. The molecule has 1 atom stereocenters. The van der Waals surface area contributed by atoms with Crippen molar-refractivity contribution in [2.75, 3.05) is 0 Å². The van der Waals surface area contributed by atoms with Crippen molar-refractivity contribution in [3.8, 4) is 11.9 Å². The number of nitrogens with zero attached hydrogens (tertiary/aromatic N) is 3. The van der Waals surface area contributed by atoms with E-state index >= 15 is 0 Å². The lowest BCUT2D eigenvalue weighted by Gasteiger charge is -2.23. The van der Waals surface area contributed by atoms with Crippen molar-refractivity contribution in [2.24, 2.45) is 0 Å². The lowest BCUT2D eigenvalue weighted by Crippen LogP contribution is -2.33. The normalized spacial score (nSPS) is 14.4. The predicted molar refractivity (Wildman–Crippen MR) is 132 cm³/mol. The van der Waals surface area contributed by atoms with Crippen LogP contribution in [0.5, 0.6) is 5.88 Å². The Morgan fingerprint density at radius 1 is 1.17 bits per heavy atom. The number of sulfone groups is 1. The number of aromatic hydroxyl groups is 1. The second kappa shape index (κ2) is 10.0. The zero-order chi connectivity index (χ0) is 25.2. The molecule has 0 bridgehead atoms. The maximum absolute atomic E-state index is 13.8. The van der Waals surface area contributed by atoms with E-state index in [9.17, 15) is 23.6 Å². The molecule has 2 aromatic carbocycles. The van der Waals surface area contributed by atoms with E-state index in [1.807, 2.05) is 19.9 Å². The predicted octanol–water partition coefficient (Wildman–Crippen LogP) is 4.87. The van der Waals surface area contributed by atoms with Gasteiger partial charge >= 0.3 is 0 Å². The molecule has 1 N–H and O–H groups in total. The molecule has 1 aliphatic carbocycles. The lowest BCUT2D eigenvalue weighted by molar-refractivity contribution is 0.406. The van der Waals surface area contributed by atoms with Crippen LogP contribution in [0, 0.1) is 11.3 Å². The number of hydrogen-bond acceptors (Lipinski definition) is 6. The molecule has 0 radical (unpaired) electrons. The van der Waals surface area contributed by atoms with E-state index in [1.165, 1.54) is 16.7 Å². The molecule has 182 valence electrons. The first-order valence-corrected chi connectivity index (χ1v) is 13.5. The summed E-state index contributed by atoms with van der Waals surface area (Å²) in [4.78, 5) is 17.3. The van der Waals surface area contributed by atoms with E-state index in [0.29, 0.717) is 35.7 Å². The number of unbranched alkanes of at least 4 members (excludes halogenated alkanes) is 1. The molecule has 7 nitrogen and oxygen atoms in total. The van der Waals surface area contributed by atoms with Gasteiger partial charge in [0.25, 0.3) is 5.56 Å². The molecule has 3 aromatic rings. The van der Waals surface area contributed by atoms with Crippen LogP contribution < -0.4 is 5.56 Å². The van der Waals surface area contributed by atoms with Gasteiger partial charge in [-0.05, 0) is 67.0 Å². The van der Waals surface area contributed by atoms with Crippen LogP contribution in [0.15, 0.2) is 63.1 Å². The summed E-state index contributed by atoms with van der Waals surface area (Å²) in [6, 6.07) is 15.0. The van der Waals surface area contributed by atoms with Crippen LogP contribution in [0.25, 0.3) is 0 Å². The SMILES string of the molecule is CCCCc1nc(O)c(S(=O)(=O)c2ccc(C3CC3)cc2)c(=O)n1[C@@H](CC)c1cccc(C#N)c1. The van der Waals surface area contributed by atoms with E-state index in [1.54, 1.807) is 30.3 Å². The molecular weight excluding hydrogens is 462 g/mol. The maximum Gasteiger partial charge on any atom is 0.277 e. The van der Waals surface area contributed by atoms with Crippen LogP contribution in [0.2, 0.25) is 0 Å². The highest BCUT2D eigenvalue weighted by atomic mass is 32.2. The molecule has 0 unspecified atom stereocenters. The van der Waals surface area contributed by atoms with Crippen molar-refractivity contribution in [1.29, 1.82) is 5.26 Å². The Morgan fingerprint density at radius 3 is 2.49 bits per heavy atom. The third-order valence-corrected chi connectivity index (χ3v) is 8.28. The van der Waals surface area contributed by atoms with Crippen LogP contribution in [0.3, 0.4) is 0 Å². The Bertz CT molecular complexity index is 1430. The fraction of sp³-hybridized carbons (Fsp3) is 0.370. The molecule has 0 aliphatic heterocycles. The van der Waals surface area contributed by atoms with Crippen LogP contribution in [-0.4, -0.2) is 23.1 Å². The Hall–Kier alpha value is -3.44. The first-order chi connectivity index (χ1) is 16.8. The molecule has 4 rings (SSSR count). The molecule has 1 aliphatic rings. The van der Waals surface area contributed by atoms with Crippen molar-refractivity contribution in [1.82, 2.24) is 9.55 Å². The molecule has 35 heavy (non-hydrogen) atoms. The summed E-state index contributed by atoms with van der Waals surface area (Å²) in [5.41, 5.74) is 1.42. The van der Waals surface area contributed by atoms with Crippen molar-refractivity contribution in [2.45, 2.75) is 74.1 Å². The number of rotatable bonds is 9. The summed E-state index contributed by atoms with van der Waals surface area (Å²) < 4.78 is 28.5. The highest BCUT2D eigenvalue weighted by Gasteiger charge is 2.32. The summed E-state index contributed by atoms with van der Waals surface area (Å²) in [6.45, 7) is 3.89. The summed E-state index contributed by atoms with van der Waals surface area (Å²) in [6.07, 6.45) is 4.61. The largest absolute Gasteiger partial charge is 0.492 e. The summed E-state index contributed by atoms with van der Waals surface area (Å²) in [7, 11) is -4.32. The van der Waals surface area contributed by atoms with Gasteiger partial charge in [0.2, 0.25) is 15.7 Å². The average Bonchev–Trinajstić information content (AvgIpc) is 3.70. The van der Waals surface area contributed by atoms with Gasteiger partial charge in [0.1, 0.15) is 5.82 Å². The molecule has 0 spiro atoms. The van der Waals surface area contributed by atoms with Crippen LogP contribution >= 0.6 is 0 Å². The average molecular weight is 492 g/mol. The quantitative estimate of drug-likeness (QED) is 0.457. The van der Waals surface area contributed by atoms with Gasteiger partial charge in [0.15, 0.2) is 4.90 Å². The number of aromatic nitrogens is 2. The monoisotopic (exact) mass is 491 g/mol. The Balaban J connectivity index is 1.90. The lowest BCUT2D eigenvalue weighted by atomic mass is 10.0. The fourth-order valence-corrected chi connectivity index (χ4v) is 5.80. The maximum atomic E-state index is 13.8. The number of hydrogen-bond donors (Lipinski definition) is 1. The van der Waals surface area contributed by atoms with Crippen molar-refractivity contribution < 1.29 is 13.5 Å². The minimum atomic E-state index is -4.32. The Kier molecular flexibility index (Phi) is 7.08. The molecule has 1 heterocycles. The third-order valence-electron chi connectivity index (χ3n) is 6.49. The summed E-state index contributed by atoms with van der Waals surface area (Å²) >= 11 is 0. The van der Waals surface area contributed by atoms with E-state index in [2.05, 4.69) is 11.1 Å². The molecule has 8 heteroatoms. The Labute approximate surface area is 205 Å². The number of benzene rings is 2. The Morgan fingerprint density at radius 2 is 1.89 bits per heavy atom. The van der Waals surface area contributed by atoms with E-state index < -0.39 is 32.2 Å². The molecular formula is C27H29N3O4S. The molecule has 0 amide bonds. The zero-order valence-electron chi connectivity index (χ0n) is 19.9. The highest BCUT2D eigenvalue weighted by Crippen LogP contribution is 2.40. The summed E-state index contributed by atoms with van der Waals surface area (Å²) in [5, 5.41) is 20.0. The van der Waals surface area contributed by atoms with Crippen molar-refractivity contribution >= 4 is 9.84 Å². The summed E-state index contributed by atoms with van der Waals surface area (Å²) in [5.74, 6) is 0.0160. The van der Waals surface area contributed by atoms with Gasteiger partial charge in [0, 0.05) is 6.42 Å². The van der Waals surface area contributed by atoms with Gasteiger partial charge in [-0.15, -0.1) is 0 Å². The standard InChI is InChI=1S/C27H29N3O4S/c1-3-5-9-24-29-26(31)25(35(33,34)22-14-12-20(13-15-22)19-10-11-19)27(32)30(24)23(4-2)21-8-6-7-18(16-21)17-28/h6-8,12-16,19,23,31H,3-5,9-11H2,1-2H3/t23-/m0/s1. The van der Waals surface area contributed by atoms with E-state index in [0.717, 1.165) is 31.2 Å². The minimum absolute atomic E-state index is 0.0523. The zero-order valence-corrected chi connectivity index (χ0v) is 20.8.